The number of hydrogen-bond acceptors (Lipinski definition) is 4. The van der Waals surface area contributed by atoms with Crippen LogP contribution in [0.3, 0.4) is 0 Å². The summed E-state index contributed by atoms with van der Waals surface area (Å²) in [4.78, 5) is 27.4. The van der Waals surface area contributed by atoms with Crippen LogP contribution in [0.5, 0.6) is 0 Å². The number of carbonyl (C=O) groups excluding carboxylic acids is 2. The van der Waals surface area contributed by atoms with Gasteiger partial charge in [0.05, 0.1) is 6.54 Å². The van der Waals surface area contributed by atoms with E-state index in [0.29, 0.717) is 46.0 Å². The number of Topliss-reactive ketones (excluding diaryl/α,β-unsaturated/α-hetero) is 1. The van der Waals surface area contributed by atoms with Gasteiger partial charge in [-0.2, -0.15) is 0 Å². The summed E-state index contributed by atoms with van der Waals surface area (Å²) in [6.07, 6.45) is 0.568. The number of H-pyrrole nitrogens is 1. The van der Waals surface area contributed by atoms with Crippen LogP contribution >= 0.6 is 0 Å². The van der Waals surface area contributed by atoms with Crippen molar-refractivity contribution in [3.8, 4) is 0 Å². The summed E-state index contributed by atoms with van der Waals surface area (Å²) in [5.41, 5.74) is 1.73. The van der Waals surface area contributed by atoms with Gasteiger partial charge in [-0.05, 0) is 52.7 Å². The van der Waals surface area contributed by atoms with E-state index >= 15 is 0 Å². The molecule has 1 atom stereocenters. The molecule has 0 bridgehead atoms. The second-order valence-corrected chi connectivity index (χ2v) is 6.67. The van der Waals surface area contributed by atoms with Gasteiger partial charge < -0.3 is 19.8 Å². The lowest BCUT2D eigenvalue weighted by atomic mass is 9.96. The van der Waals surface area contributed by atoms with Gasteiger partial charge >= 0.3 is 0 Å². The Morgan fingerprint density at radius 2 is 1.96 bits per heavy atom. The molecule has 2 aromatic heterocycles. The summed E-state index contributed by atoms with van der Waals surface area (Å²) in [5, 5.41) is 13.5. The zero-order chi connectivity index (χ0) is 18.9. The maximum Gasteiger partial charge on any atom is 0.268 e. The molecule has 0 saturated heterocycles. The highest BCUT2D eigenvalue weighted by Gasteiger charge is 2.29. The molecule has 0 unspecified atom stereocenters. The second-order valence-electron chi connectivity index (χ2n) is 6.67. The summed E-state index contributed by atoms with van der Waals surface area (Å²) < 4.78 is 5.46. The third kappa shape index (κ3) is 3.69. The predicted octanol–water partition coefficient (Wildman–Crippen LogP) is 2.94. The van der Waals surface area contributed by atoms with E-state index < -0.39 is 5.60 Å². The van der Waals surface area contributed by atoms with Crippen molar-refractivity contribution in [3.63, 3.8) is 0 Å². The monoisotopic (exact) mass is 346 g/mol. The maximum atomic E-state index is 12.6. The van der Waals surface area contributed by atoms with Gasteiger partial charge in [-0.25, -0.2) is 0 Å². The van der Waals surface area contributed by atoms with Crippen molar-refractivity contribution in [2.24, 2.45) is 0 Å². The van der Waals surface area contributed by atoms with E-state index in [9.17, 15) is 14.7 Å². The minimum absolute atomic E-state index is 0.0300. The lowest BCUT2D eigenvalue weighted by molar-refractivity contribution is 0.0512. The molecule has 6 nitrogen and oxygen atoms in total. The molecule has 2 heterocycles. The highest BCUT2D eigenvalue weighted by Crippen LogP contribution is 2.27. The Hall–Kier alpha value is -2.34. The normalized spacial score (nSPS) is 13.6. The number of carbonyl (C=O) groups is 2. The van der Waals surface area contributed by atoms with Crippen molar-refractivity contribution in [2.45, 2.75) is 53.6 Å². The van der Waals surface area contributed by atoms with Crippen LogP contribution in [-0.4, -0.2) is 28.3 Å². The topological polar surface area (TPSA) is 95.3 Å². The average molecular weight is 346 g/mol. The third-order valence-electron chi connectivity index (χ3n) is 4.44. The highest BCUT2D eigenvalue weighted by molar-refractivity contribution is 6.02. The molecule has 2 rings (SSSR count). The van der Waals surface area contributed by atoms with Crippen molar-refractivity contribution >= 4 is 11.7 Å². The molecule has 0 spiro atoms. The number of hydrogen-bond donors (Lipinski definition) is 3. The van der Waals surface area contributed by atoms with Gasteiger partial charge in [-0.3, -0.25) is 9.59 Å². The molecule has 2 aromatic rings. The van der Waals surface area contributed by atoms with Crippen molar-refractivity contribution in [3.05, 3.63) is 45.7 Å². The van der Waals surface area contributed by atoms with Crippen LogP contribution in [0.4, 0.5) is 0 Å². The summed E-state index contributed by atoms with van der Waals surface area (Å²) >= 11 is 0. The van der Waals surface area contributed by atoms with E-state index in [1.54, 1.807) is 26.8 Å². The van der Waals surface area contributed by atoms with Gasteiger partial charge in [0, 0.05) is 16.8 Å². The Balaban J connectivity index is 2.22. The SMILES string of the molecule is CCc1c(C(=O)NC[C@](C)(O)c2cc(C)oc2C)[nH]c(C)c1C(C)=O. The molecule has 3 N–H and O–H groups in total. The van der Waals surface area contributed by atoms with Gasteiger partial charge in [-0.15, -0.1) is 0 Å². The molecule has 0 aliphatic rings. The van der Waals surface area contributed by atoms with E-state index in [0.717, 1.165) is 0 Å². The Kier molecular flexibility index (Phi) is 5.23. The largest absolute Gasteiger partial charge is 0.466 e. The van der Waals surface area contributed by atoms with Crippen LogP contribution < -0.4 is 5.32 Å². The number of aromatic amines is 1. The van der Waals surface area contributed by atoms with Gasteiger partial charge in [0.2, 0.25) is 0 Å². The van der Waals surface area contributed by atoms with Crippen LogP contribution in [0.15, 0.2) is 10.5 Å². The van der Waals surface area contributed by atoms with Crippen molar-refractivity contribution < 1.29 is 19.1 Å². The molecule has 0 radical (unpaired) electrons. The summed E-state index contributed by atoms with van der Waals surface area (Å²) in [6.45, 7) is 10.4. The number of nitrogens with one attached hydrogen (secondary N) is 2. The molecule has 6 heteroatoms. The van der Waals surface area contributed by atoms with Crippen LogP contribution in [-0.2, 0) is 12.0 Å². The molecular weight excluding hydrogens is 320 g/mol. The molecule has 0 aliphatic carbocycles. The number of furan rings is 1. The van der Waals surface area contributed by atoms with E-state index in [2.05, 4.69) is 10.3 Å². The lowest BCUT2D eigenvalue weighted by Gasteiger charge is -2.23. The minimum atomic E-state index is -1.26. The molecule has 0 fully saturated rings. The van der Waals surface area contributed by atoms with Gasteiger partial charge in [0.15, 0.2) is 5.78 Å². The second kappa shape index (κ2) is 6.88. The fourth-order valence-electron chi connectivity index (χ4n) is 3.30. The van der Waals surface area contributed by atoms with E-state index in [1.807, 2.05) is 13.8 Å². The number of aliphatic hydroxyl groups is 1. The zero-order valence-electron chi connectivity index (χ0n) is 15.7. The van der Waals surface area contributed by atoms with Crippen LogP contribution in [0.2, 0.25) is 0 Å². The van der Waals surface area contributed by atoms with Crippen molar-refractivity contribution in [1.29, 1.82) is 0 Å². The van der Waals surface area contributed by atoms with E-state index in [4.69, 9.17) is 4.42 Å². The number of rotatable bonds is 6. The van der Waals surface area contributed by atoms with Gasteiger partial charge in [-0.1, -0.05) is 6.92 Å². The fourth-order valence-corrected chi connectivity index (χ4v) is 3.30. The summed E-state index contributed by atoms with van der Waals surface area (Å²) in [7, 11) is 0. The highest BCUT2D eigenvalue weighted by atomic mass is 16.3. The predicted molar refractivity (Wildman–Crippen MR) is 95.0 cm³/mol. The molecule has 25 heavy (non-hydrogen) atoms. The standard InChI is InChI=1S/C19H26N2O4/c1-7-14-16(12(4)22)11(3)21-17(14)18(23)20-9-19(6,24)15-8-10(2)25-13(15)5/h8,21,24H,7,9H2,1-6H3,(H,20,23)/t19-/m0/s1. The first-order valence-electron chi connectivity index (χ1n) is 8.39. The average Bonchev–Trinajstić information content (AvgIpc) is 3.04. The van der Waals surface area contributed by atoms with Gasteiger partial charge in [0.25, 0.3) is 5.91 Å². The number of aromatic nitrogens is 1. The van der Waals surface area contributed by atoms with Crippen molar-refractivity contribution in [1.82, 2.24) is 10.3 Å². The fraction of sp³-hybridized carbons (Fsp3) is 0.474. The van der Waals surface area contributed by atoms with E-state index in [1.165, 1.54) is 6.92 Å². The molecular formula is C19H26N2O4. The summed E-state index contributed by atoms with van der Waals surface area (Å²) in [6, 6.07) is 1.77. The van der Waals surface area contributed by atoms with E-state index in [-0.39, 0.29) is 18.2 Å². The summed E-state index contributed by atoms with van der Waals surface area (Å²) in [5.74, 6) is 0.922. The van der Waals surface area contributed by atoms with Gasteiger partial charge in [0.1, 0.15) is 22.8 Å². The molecule has 0 saturated carbocycles. The van der Waals surface area contributed by atoms with Crippen LogP contribution in [0.25, 0.3) is 0 Å². The first kappa shape index (κ1) is 19.0. The third-order valence-corrected chi connectivity index (χ3v) is 4.44. The molecule has 1 amide bonds. The Morgan fingerprint density at radius 3 is 2.44 bits per heavy atom. The Bertz CT molecular complexity index is 812. The van der Waals surface area contributed by atoms with Crippen LogP contribution in [0.1, 0.15) is 70.0 Å². The molecule has 0 aromatic carbocycles. The quantitative estimate of drug-likeness (QED) is 0.701. The first-order valence-corrected chi connectivity index (χ1v) is 8.39. The Morgan fingerprint density at radius 1 is 1.32 bits per heavy atom. The number of amides is 1. The maximum absolute atomic E-state index is 12.6. The lowest BCUT2D eigenvalue weighted by Crippen LogP contribution is -2.39. The first-order chi connectivity index (χ1) is 11.6. The minimum Gasteiger partial charge on any atom is -0.466 e. The zero-order valence-corrected chi connectivity index (χ0v) is 15.7. The molecule has 136 valence electrons. The van der Waals surface area contributed by atoms with Crippen LogP contribution in [0, 0.1) is 20.8 Å². The molecule has 0 aliphatic heterocycles. The smallest absolute Gasteiger partial charge is 0.268 e. The number of aryl methyl sites for hydroxylation is 3. The van der Waals surface area contributed by atoms with Crippen molar-refractivity contribution in [2.75, 3.05) is 6.54 Å². The Labute approximate surface area is 147 Å². The number of ketones is 1.